The van der Waals surface area contributed by atoms with Crippen LogP contribution < -0.4 is 15.8 Å². The van der Waals surface area contributed by atoms with Crippen LogP contribution in [0.5, 0.6) is 11.5 Å². The van der Waals surface area contributed by atoms with Gasteiger partial charge in [0, 0.05) is 29.5 Å². The van der Waals surface area contributed by atoms with Gasteiger partial charge in [0.05, 0.1) is 22.0 Å². The number of amides is 1. The van der Waals surface area contributed by atoms with Crippen LogP contribution in [0.1, 0.15) is 10.4 Å². The maximum absolute atomic E-state index is 13.4. The molecule has 0 unspecified atom stereocenters. The monoisotopic (exact) mass is 476 g/mol. The summed E-state index contributed by atoms with van der Waals surface area (Å²) in [6.45, 7) is 0. The van der Waals surface area contributed by atoms with Crippen LogP contribution in [-0.2, 0) is 7.05 Å². The molecule has 0 radical (unpaired) electrons. The number of nitrogen functional groups attached to an aromatic ring is 1. The Morgan fingerprint density at radius 3 is 2.45 bits per heavy atom. The van der Waals surface area contributed by atoms with Crippen molar-refractivity contribution in [3.63, 3.8) is 0 Å². The second kappa shape index (κ2) is 8.53. The molecule has 0 fully saturated rings. The molecule has 3 aromatic heterocycles. The molecule has 3 N–H and O–H groups in total. The molecule has 164 valence electrons. The number of ether oxygens (including phenoxy) is 1. The number of nitrogens with zero attached hydrogens (tertiary/aromatic N) is 4. The largest absolute Gasteiger partial charge is 0.457 e. The van der Waals surface area contributed by atoms with Crippen molar-refractivity contribution in [1.82, 2.24) is 19.7 Å². The third-order valence-corrected chi connectivity index (χ3v) is 6.27. The fraction of sp³-hybridized carbons (Fsp3) is 0.0435. The van der Waals surface area contributed by atoms with Gasteiger partial charge in [0.1, 0.15) is 28.5 Å². The number of hydrogen-bond donors (Lipinski definition) is 2. The Kier molecular flexibility index (Phi) is 5.41. The Labute approximate surface area is 197 Å². The van der Waals surface area contributed by atoms with Crippen LogP contribution >= 0.6 is 22.9 Å². The van der Waals surface area contributed by atoms with E-state index in [0.29, 0.717) is 38.0 Å². The number of nitrogens with two attached hydrogens (primary N) is 1. The van der Waals surface area contributed by atoms with Gasteiger partial charge in [-0.15, -0.1) is 11.3 Å². The predicted molar refractivity (Wildman–Crippen MR) is 130 cm³/mol. The molecular formula is C23H17ClN6O2S. The summed E-state index contributed by atoms with van der Waals surface area (Å²) in [7, 11) is 1.82. The van der Waals surface area contributed by atoms with Crippen LogP contribution in [0.3, 0.4) is 0 Å². The summed E-state index contributed by atoms with van der Waals surface area (Å²) in [5, 5.41) is 8.32. The second-order valence-electron chi connectivity index (χ2n) is 7.18. The third-order valence-electron chi connectivity index (χ3n) is 4.87. The lowest BCUT2D eigenvalue weighted by molar-refractivity contribution is 0.102. The van der Waals surface area contributed by atoms with Crippen LogP contribution in [0.4, 0.5) is 11.5 Å². The van der Waals surface area contributed by atoms with E-state index >= 15 is 0 Å². The van der Waals surface area contributed by atoms with Crippen LogP contribution in [0.15, 0.2) is 67.3 Å². The Bertz CT molecular complexity index is 1460. The van der Waals surface area contributed by atoms with Gasteiger partial charge in [-0.2, -0.15) is 5.10 Å². The second-order valence-corrected chi connectivity index (χ2v) is 8.62. The Morgan fingerprint density at radius 1 is 1.09 bits per heavy atom. The van der Waals surface area contributed by atoms with Gasteiger partial charge in [-0.3, -0.25) is 9.48 Å². The molecule has 0 aliphatic rings. The molecule has 3 heterocycles. The van der Waals surface area contributed by atoms with Crippen molar-refractivity contribution < 1.29 is 9.53 Å². The highest BCUT2D eigenvalue weighted by atomic mass is 35.5. The Morgan fingerprint density at radius 2 is 1.79 bits per heavy atom. The van der Waals surface area contributed by atoms with Crippen LogP contribution in [0.2, 0.25) is 5.02 Å². The highest BCUT2D eigenvalue weighted by Gasteiger charge is 2.24. The Balaban J connectivity index is 1.44. The highest BCUT2D eigenvalue weighted by Crippen LogP contribution is 2.39. The van der Waals surface area contributed by atoms with E-state index in [1.807, 2.05) is 13.2 Å². The first-order valence-electron chi connectivity index (χ1n) is 9.85. The topological polar surface area (TPSA) is 108 Å². The summed E-state index contributed by atoms with van der Waals surface area (Å²) < 4.78 is 7.48. The quantitative estimate of drug-likeness (QED) is 0.353. The third kappa shape index (κ3) is 4.23. The fourth-order valence-electron chi connectivity index (χ4n) is 3.35. The molecule has 0 bridgehead atoms. The average molecular weight is 477 g/mol. The van der Waals surface area contributed by atoms with Gasteiger partial charge in [0.15, 0.2) is 0 Å². The minimum Gasteiger partial charge on any atom is -0.457 e. The lowest BCUT2D eigenvalue weighted by Gasteiger charge is -2.09. The Hall–Kier alpha value is -3.95. The van der Waals surface area contributed by atoms with Crippen LogP contribution in [-0.4, -0.2) is 25.7 Å². The van der Waals surface area contributed by atoms with Crippen LogP contribution in [0, 0.1) is 0 Å². The summed E-state index contributed by atoms with van der Waals surface area (Å²) in [6, 6.07) is 14.2. The van der Waals surface area contributed by atoms with Gasteiger partial charge < -0.3 is 15.8 Å². The number of aryl methyl sites for hydroxylation is 1. The highest BCUT2D eigenvalue weighted by molar-refractivity contribution is 7.22. The SMILES string of the molecule is Cn1cc(-c2sc3ncnc(N)c3c2C(=O)Nc2ccc(Oc3ccc(Cl)cc3)cc2)cn1. The first-order chi connectivity index (χ1) is 16.0. The standard InChI is InChI=1S/C23H17ClN6O2S/c1-30-11-13(10-28-30)20-18(19-21(25)26-12-27-23(19)33-20)22(31)29-15-4-8-17(9-5-15)32-16-6-2-14(24)3-7-16/h2-12H,1H3,(H,29,31)(H2,25,26,27). The first-order valence-corrected chi connectivity index (χ1v) is 11.0. The molecule has 0 aliphatic carbocycles. The summed E-state index contributed by atoms with van der Waals surface area (Å²) in [5.41, 5.74) is 7.95. The van der Waals surface area contributed by atoms with Crippen LogP contribution in [0.25, 0.3) is 20.7 Å². The molecule has 2 aromatic carbocycles. The number of hydrogen-bond acceptors (Lipinski definition) is 7. The van der Waals surface area contributed by atoms with Gasteiger partial charge in [0.2, 0.25) is 0 Å². The molecule has 10 heteroatoms. The molecule has 0 saturated heterocycles. The summed E-state index contributed by atoms with van der Waals surface area (Å²) in [5.74, 6) is 1.23. The zero-order valence-corrected chi connectivity index (χ0v) is 18.9. The molecule has 5 aromatic rings. The average Bonchev–Trinajstić information content (AvgIpc) is 3.41. The van der Waals surface area contributed by atoms with Gasteiger partial charge in [0.25, 0.3) is 5.91 Å². The van der Waals surface area contributed by atoms with Gasteiger partial charge in [-0.1, -0.05) is 11.6 Å². The van der Waals surface area contributed by atoms with E-state index in [0.717, 1.165) is 10.4 Å². The van der Waals surface area contributed by atoms with Gasteiger partial charge in [-0.05, 0) is 48.5 Å². The number of halogens is 1. The van der Waals surface area contributed by atoms with E-state index < -0.39 is 0 Å². The predicted octanol–water partition coefficient (Wildman–Crippen LogP) is 5.37. The number of fused-ring (bicyclic) bond motifs is 1. The smallest absolute Gasteiger partial charge is 0.257 e. The number of thiophene rings is 1. The summed E-state index contributed by atoms with van der Waals surface area (Å²) in [4.78, 5) is 23.1. The minimum atomic E-state index is -0.312. The molecule has 0 spiro atoms. The van der Waals surface area contributed by atoms with Crippen molar-refractivity contribution in [2.24, 2.45) is 7.05 Å². The van der Waals surface area contributed by atoms with E-state index in [1.165, 1.54) is 17.7 Å². The molecule has 0 aliphatic heterocycles. The number of anilines is 2. The number of nitrogens with one attached hydrogen (secondary N) is 1. The number of rotatable bonds is 5. The molecule has 0 saturated carbocycles. The van der Waals surface area contributed by atoms with Crippen molar-refractivity contribution >= 4 is 50.6 Å². The van der Waals surface area contributed by atoms with Crippen molar-refractivity contribution in [3.8, 4) is 21.9 Å². The molecule has 8 nitrogen and oxygen atoms in total. The summed E-state index contributed by atoms with van der Waals surface area (Å²) in [6.07, 6.45) is 4.93. The molecule has 0 atom stereocenters. The fourth-order valence-corrected chi connectivity index (χ4v) is 4.60. The van der Waals surface area contributed by atoms with E-state index in [-0.39, 0.29) is 11.7 Å². The normalized spacial score (nSPS) is 11.0. The molecular weight excluding hydrogens is 460 g/mol. The van der Waals surface area contributed by atoms with E-state index in [4.69, 9.17) is 22.1 Å². The number of carbonyl (C=O) groups is 1. The van der Waals surface area contributed by atoms with E-state index in [1.54, 1.807) is 59.4 Å². The van der Waals surface area contributed by atoms with Crippen molar-refractivity contribution in [2.45, 2.75) is 0 Å². The lowest BCUT2D eigenvalue weighted by atomic mass is 10.1. The maximum Gasteiger partial charge on any atom is 0.257 e. The number of carbonyl (C=O) groups excluding carboxylic acids is 1. The lowest BCUT2D eigenvalue weighted by Crippen LogP contribution is -2.13. The van der Waals surface area contributed by atoms with Crippen molar-refractivity contribution in [3.05, 3.63) is 77.8 Å². The maximum atomic E-state index is 13.4. The van der Waals surface area contributed by atoms with Crippen molar-refractivity contribution in [1.29, 1.82) is 0 Å². The summed E-state index contributed by atoms with van der Waals surface area (Å²) >= 11 is 7.28. The molecule has 33 heavy (non-hydrogen) atoms. The van der Waals surface area contributed by atoms with Gasteiger partial charge >= 0.3 is 0 Å². The van der Waals surface area contributed by atoms with E-state index in [2.05, 4.69) is 20.4 Å². The molecule has 1 amide bonds. The molecule has 5 rings (SSSR count). The van der Waals surface area contributed by atoms with Gasteiger partial charge in [-0.25, -0.2) is 9.97 Å². The van der Waals surface area contributed by atoms with E-state index in [9.17, 15) is 4.79 Å². The zero-order valence-electron chi connectivity index (χ0n) is 17.3. The minimum absolute atomic E-state index is 0.253. The van der Waals surface area contributed by atoms with Crippen molar-refractivity contribution in [2.75, 3.05) is 11.1 Å². The number of aromatic nitrogens is 4. The first kappa shape index (κ1) is 20.9. The number of benzene rings is 2. The zero-order chi connectivity index (χ0) is 22.9.